The van der Waals surface area contributed by atoms with E-state index < -0.39 is 0 Å². The van der Waals surface area contributed by atoms with Crippen LogP contribution in [-0.2, 0) is 19.3 Å². The molecule has 0 bridgehead atoms. The molecule has 3 aromatic rings. The van der Waals surface area contributed by atoms with Crippen LogP contribution in [0, 0.1) is 5.82 Å². The smallest absolute Gasteiger partial charge is 0.278 e. The van der Waals surface area contributed by atoms with Crippen LogP contribution in [-0.4, -0.2) is 25.9 Å². The highest BCUT2D eigenvalue weighted by Crippen LogP contribution is 2.28. The number of nitrogens with one attached hydrogen (secondary N) is 1. The lowest BCUT2D eigenvalue weighted by molar-refractivity contribution is 0.102. The van der Waals surface area contributed by atoms with Crippen LogP contribution in [0.25, 0.3) is 5.69 Å². The highest BCUT2D eigenvalue weighted by molar-refractivity contribution is 7.15. The Hall–Kier alpha value is -2.61. The van der Waals surface area contributed by atoms with Crippen molar-refractivity contribution in [2.24, 2.45) is 0 Å². The minimum absolute atomic E-state index is 0.275. The zero-order valence-corrected chi connectivity index (χ0v) is 15.1. The van der Waals surface area contributed by atoms with Crippen LogP contribution in [0.3, 0.4) is 0 Å². The molecule has 0 spiro atoms. The van der Waals surface area contributed by atoms with Gasteiger partial charge in [-0.2, -0.15) is 5.10 Å². The van der Waals surface area contributed by atoms with Crippen molar-refractivity contribution in [1.82, 2.24) is 20.0 Å². The van der Waals surface area contributed by atoms with Crippen LogP contribution >= 0.6 is 11.3 Å². The van der Waals surface area contributed by atoms with E-state index in [1.807, 2.05) is 6.92 Å². The number of aryl methyl sites for hydroxylation is 1. The molecule has 8 heteroatoms. The largest absolute Gasteiger partial charge is 0.295 e. The van der Waals surface area contributed by atoms with Crippen molar-refractivity contribution in [3.8, 4) is 5.69 Å². The monoisotopic (exact) mass is 371 g/mol. The van der Waals surface area contributed by atoms with Crippen LogP contribution in [0.5, 0.6) is 0 Å². The first kappa shape index (κ1) is 16.8. The topological polar surface area (TPSA) is 72.7 Å². The first-order valence-corrected chi connectivity index (χ1v) is 9.48. The molecule has 4 rings (SSSR count). The number of anilines is 1. The Morgan fingerprint density at radius 1 is 1.23 bits per heavy atom. The summed E-state index contributed by atoms with van der Waals surface area (Å²) in [4.78, 5) is 12.8. The number of amides is 1. The Kier molecular flexibility index (Phi) is 4.50. The van der Waals surface area contributed by atoms with E-state index in [0.717, 1.165) is 54.1 Å². The van der Waals surface area contributed by atoms with E-state index in [-0.39, 0.29) is 11.7 Å². The molecule has 0 saturated heterocycles. The van der Waals surface area contributed by atoms with Gasteiger partial charge in [0.2, 0.25) is 5.13 Å². The summed E-state index contributed by atoms with van der Waals surface area (Å²) in [6, 6.07) is 6.16. The molecule has 0 atom stereocenters. The van der Waals surface area contributed by atoms with Gasteiger partial charge in [-0.1, -0.05) is 18.3 Å². The Morgan fingerprint density at radius 3 is 2.73 bits per heavy atom. The van der Waals surface area contributed by atoms with Crippen LogP contribution in [0.1, 0.15) is 46.5 Å². The minimum atomic E-state index is -0.296. The van der Waals surface area contributed by atoms with Gasteiger partial charge in [-0.3, -0.25) is 10.1 Å². The van der Waals surface area contributed by atoms with Crippen molar-refractivity contribution in [2.75, 3.05) is 5.32 Å². The standard InChI is InChI=1S/C18H18FN5OS/c1-2-15-21-22-18(26-15)20-17(25)16-13-5-3-4-6-14(13)24(23-16)12-9-7-11(19)8-10-12/h7-10H,2-6H2,1H3,(H,20,22,25). The number of halogens is 1. The number of fused-ring (bicyclic) bond motifs is 1. The molecule has 0 fully saturated rings. The molecule has 2 aromatic heterocycles. The summed E-state index contributed by atoms with van der Waals surface area (Å²) in [5.74, 6) is -0.571. The zero-order chi connectivity index (χ0) is 18.1. The number of carbonyl (C=O) groups is 1. The molecule has 0 aliphatic heterocycles. The van der Waals surface area contributed by atoms with Gasteiger partial charge in [0.05, 0.1) is 5.69 Å². The minimum Gasteiger partial charge on any atom is -0.295 e. The maximum Gasteiger partial charge on any atom is 0.278 e. The normalized spacial score (nSPS) is 13.5. The summed E-state index contributed by atoms with van der Waals surface area (Å²) in [7, 11) is 0. The van der Waals surface area contributed by atoms with Gasteiger partial charge >= 0.3 is 0 Å². The molecule has 0 radical (unpaired) electrons. The maximum atomic E-state index is 13.2. The summed E-state index contributed by atoms with van der Waals surface area (Å²) in [6.45, 7) is 1.99. The molecular weight excluding hydrogens is 353 g/mol. The number of aromatic nitrogens is 4. The molecule has 1 amide bonds. The van der Waals surface area contributed by atoms with E-state index in [2.05, 4.69) is 20.6 Å². The lowest BCUT2D eigenvalue weighted by Crippen LogP contribution is -2.15. The fourth-order valence-corrected chi connectivity index (χ4v) is 3.86. The molecule has 1 aliphatic carbocycles. The summed E-state index contributed by atoms with van der Waals surface area (Å²) in [5.41, 5.74) is 3.17. The quantitative estimate of drug-likeness (QED) is 0.761. The van der Waals surface area contributed by atoms with Crippen molar-refractivity contribution >= 4 is 22.4 Å². The van der Waals surface area contributed by atoms with Gasteiger partial charge in [0.25, 0.3) is 5.91 Å². The number of hydrogen-bond acceptors (Lipinski definition) is 5. The van der Waals surface area contributed by atoms with Crippen molar-refractivity contribution < 1.29 is 9.18 Å². The summed E-state index contributed by atoms with van der Waals surface area (Å²) >= 11 is 1.37. The van der Waals surface area contributed by atoms with E-state index in [9.17, 15) is 9.18 Å². The fraction of sp³-hybridized carbons (Fsp3) is 0.333. The molecule has 0 unspecified atom stereocenters. The lowest BCUT2D eigenvalue weighted by Gasteiger charge is -2.14. The SMILES string of the molecule is CCc1nnc(NC(=O)c2nn(-c3ccc(F)cc3)c3c2CCCC3)s1. The summed E-state index contributed by atoms with van der Waals surface area (Å²) in [6.07, 6.45) is 4.53. The average molecular weight is 371 g/mol. The Morgan fingerprint density at radius 2 is 2.00 bits per heavy atom. The van der Waals surface area contributed by atoms with Crippen molar-refractivity contribution in [2.45, 2.75) is 39.0 Å². The van der Waals surface area contributed by atoms with E-state index in [1.165, 1.54) is 23.5 Å². The average Bonchev–Trinajstić information content (AvgIpc) is 3.27. The molecule has 1 aliphatic rings. The van der Waals surface area contributed by atoms with Gasteiger partial charge in [-0.15, -0.1) is 10.2 Å². The van der Waals surface area contributed by atoms with Crippen molar-refractivity contribution in [1.29, 1.82) is 0 Å². The van der Waals surface area contributed by atoms with Crippen LogP contribution < -0.4 is 5.32 Å². The third-order valence-electron chi connectivity index (χ3n) is 4.46. The van der Waals surface area contributed by atoms with Gasteiger partial charge in [0.15, 0.2) is 5.69 Å². The van der Waals surface area contributed by atoms with Crippen LogP contribution in [0.4, 0.5) is 9.52 Å². The first-order valence-electron chi connectivity index (χ1n) is 8.66. The Balaban J connectivity index is 1.69. The zero-order valence-electron chi connectivity index (χ0n) is 14.3. The first-order chi connectivity index (χ1) is 12.7. The van der Waals surface area contributed by atoms with Crippen LogP contribution in [0.15, 0.2) is 24.3 Å². The van der Waals surface area contributed by atoms with Crippen molar-refractivity contribution in [3.63, 3.8) is 0 Å². The molecule has 0 saturated carbocycles. The molecule has 2 heterocycles. The van der Waals surface area contributed by atoms with Crippen molar-refractivity contribution in [3.05, 3.63) is 52.0 Å². The second kappa shape index (κ2) is 6.95. The molecule has 1 N–H and O–H groups in total. The van der Waals surface area contributed by atoms with E-state index >= 15 is 0 Å². The predicted molar refractivity (Wildman–Crippen MR) is 97.4 cm³/mol. The van der Waals surface area contributed by atoms with E-state index in [1.54, 1.807) is 16.8 Å². The van der Waals surface area contributed by atoms with Gasteiger partial charge < -0.3 is 0 Å². The highest BCUT2D eigenvalue weighted by atomic mass is 32.1. The molecule has 134 valence electrons. The van der Waals surface area contributed by atoms with Crippen LogP contribution in [0.2, 0.25) is 0 Å². The molecule has 6 nitrogen and oxygen atoms in total. The predicted octanol–water partition coefficient (Wildman–Crippen LogP) is 3.56. The van der Waals surface area contributed by atoms with E-state index in [0.29, 0.717) is 10.8 Å². The third-order valence-corrected chi connectivity index (χ3v) is 5.44. The molecule has 26 heavy (non-hydrogen) atoms. The lowest BCUT2D eigenvalue weighted by atomic mass is 9.95. The Bertz CT molecular complexity index is 947. The second-order valence-electron chi connectivity index (χ2n) is 6.18. The van der Waals surface area contributed by atoms with E-state index in [4.69, 9.17) is 0 Å². The summed E-state index contributed by atoms with van der Waals surface area (Å²) < 4.78 is 15.0. The molecular formula is C18H18FN5OS. The Labute approximate surface area is 154 Å². The highest BCUT2D eigenvalue weighted by Gasteiger charge is 2.26. The number of benzene rings is 1. The maximum absolute atomic E-state index is 13.2. The van der Waals surface area contributed by atoms with Gasteiger partial charge in [0, 0.05) is 11.3 Å². The summed E-state index contributed by atoms with van der Waals surface area (Å²) in [5, 5.41) is 16.7. The fourth-order valence-electron chi connectivity index (χ4n) is 3.18. The van der Waals surface area contributed by atoms with Gasteiger partial charge in [-0.25, -0.2) is 9.07 Å². The van der Waals surface area contributed by atoms with Gasteiger partial charge in [-0.05, 0) is 56.4 Å². The second-order valence-corrected chi connectivity index (χ2v) is 7.24. The molecule has 1 aromatic carbocycles. The third kappa shape index (κ3) is 3.12. The number of rotatable bonds is 4. The number of hydrogen-bond donors (Lipinski definition) is 1. The number of carbonyl (C=O) groups excluding carboxylic acids is 1. The number of nitrogens with zero attached hydrogens (tertiary/aromatic N) is 4. The van der Waals surface area contributed by atoms with Gasteiger partial charge in [0.1, 0.15) is 10.8 Å².